The van der Waals surface area contributed by atoms with E-state index in [1.807, 2.05) is 0 Å². The standard InChI is InChI=1S/C12H9F2NO2S/c1-6-10(12(16)17-2)18-11(15-6)8-5-7(13)3-4-9(8)14/h3-5H,1-2H3. The summed E-state index contributed by atoms with van der Waals surface area (Å²) < 4.78 is 31.2. The number of aromatic nitrogens is 1. The van der Waals surface area contributed by atoms with Crippen LogP contribution < -0.4 is 0 Å². The molecule has 1 aromatic carbocycles. The van der Waals surface area contributed by atoms with E-state index in [1.54, 1.807) is 6.92 Å². The number of nitrogens with zero attached hydrogens (tertiary/aromatic N) is 1. The van der Waals surface area contributed by atoms with Gasteiger partial charge in [0, 0.05) is 5.56 Å². The van der Waals surface area contributed by atoms with Crippen LogP contribution in [0.5, 0.6) is 0 Å². The lowest BCUT2D eigenvalue weighted by Crippen LogP contribution is -1.99. The fraction of sp³-hybridized carbons (Fsp3) is 0.167. The highest BCUT2D eigenvalue weighted by atomic mass is 32.1. The second kappa shape index (κ2) is 4.81. The van der Waals surface area contributed by atoms with Gasteiger partial charge >= 0.3 is 5.97 Å². The lowest BCUT2D eigenvalue weighted by atomic mass is 10.2. The molecule has 0 unspecified atom stereocenters. The summed E-state index contributed by atoms with van der Waals surface area (Å²) in [5.74, 6) is -1.67. The second-order valence-corrected chi connectivity index (χ2v) is 4.55. The zero-order valence-electron chi connectivity index (χ0n) is 9.66. The second-order valence-electron chi connectivity index (χ2n) is 3.55. The highest BCUT2D eigenvalue weighted by Gasteiger charge is 2.18. The Kier molecular flexibility index (Phi) is 3.38. The van der Waals surface area contributed by atoms with Crippen molar-refractivity contribution in [2.75, 3.05) is 7.11 Å². The summed E-state index contributed by atoms with van der Waals surface area (Å²) in [6, 6.07) is 3.11. The van der Waals surface area contributed by atoms with Crippen molar-refractivity contribution >= 4 is 17.3 Å². The molecule has 2 aromatic rings. The van der Waals surface area contributed by atoms with E-state index in [-0.39, 0.29) is 15.4 Å². The minimum atomic E-state index is -0.582. The third-order valence-electron chi connectivity index (χ3n) is 2.33. The van der Waals surface area contributed by atoms with Gasteiger partial charge in [-0.1, -0.05) is 0 Å². The number of carbonyl (C=O) groups is 1. The topological polar surface area (TPSA) is 39.2 Å². The van der Waals surface area contributed by atoms with Crippen molar-refractivity contribution in [3.63, 3.8) is 0 Å². The van der Waals surface area contributed by atoms with E-state index in [1.165, 1.54) is 7.11 Å². The number of carbonyl (C=O) groups excluding carboxylic acids is 1. The smallest absolute Gasteiger partial charge is 0.349 e. The number of benzene rings is 1. The lowest BCUT2D eigenvalue weighted by molar-refractivity contribution is 0.0605. The van der Waals surface area contributed by atoms with Gasteiger partial charge in [-0.05, 0) is 25.1 Å². The summed E-state index contributed by atoms with van der Waals surface area (Å²) in [6.45, 7) is 1.61. The summed E-state index contributed by atoms with van der Waals surface area (Å²) >= 11 is 0.976. The quantitative estimate of drug-likeness (QED) is 0.786. The number of esters is 1. The van der Waals surface area contributed by atoms with Gasteiger partial charge in [0.25, 0.3) is 0 Å². The Morgan fingerprint density at radius 1 is 1.39 bits per heavy atom. The van der Waals surface area contributed by atoms with Crippen LogP contribution in [0.4, 0.5) is 8.78 Å². The molecule has 18 heavy (non-hydrogen) atoms. The van der Waals surface area contributed by atoms with Gasteiger partial charge in [-0.15, -0.1) is 11.3 Å². The van der Waals surface area contributed by atoms with Crippen molar-refractivity contribution in [1.82, 2.24) is 4.98 Å². The van der Waals surface area contributed by atoms with Crippen molar-refractivity contribution in [2.24, 2.45) is 0 Å². The van der Waals surface area contributed by atoms with Crippen molar-refractivity contribution in [2.45, 2.75) is 6.92 Å². The van der Waals surface area contributed by atoms with Crippen LogP contribution in [-0.2, 0) is 4.74 Å². The third-order valence-corrected chi connectivity index (χ3v) is 3.50. The van der Waals surface area contributed by atoms with E-state index >= 15 is 0 Å². The number of rotatable bonds is 2. The van der Waals surface area contributed by atoms with Crippen LogP contribution in [0.2, 0.25) is 0 Å². The summed E-state index contributed by atoms with van der Waals surface area (Å²) in [5.41, 5.74) is 0.476. The van der Waals surface area contributed by atoms with E-state index in [9.17, 15) is 13.6 Å². The monoisotopic (exact) mass is 269 g/mol. The van der Waals surface area contributed by atoms with E-state index in [4.69, 9.17) is 0 Å². The first-order chi connectivity index (χ1) is 8.52. The zero-order chi connectivity index (χ0) is 13.3. The van der Waals surface area contributed by atoms with Crippen LogP contribution in [0.1, 0.15) is 15.4 Å². The Morgan fingerprint density at radius 3 is 2.78 bits per heavy atom. The number of aryl methyl sites for hydroxylation is 1. The highest BCUT2D eigenvalue weighted by molar-refractivity contribution is 7.17. The van der Waals surface area contributed by atoms with Gasteiger partial charge in [0.1, 0.15) is 21.5 Å². The summed E-state index contributed by atoms with van der Waals surface area (Å²) in [4.78, 5) is 15.8. The molecule has 0 amide bonds. The Hall–Kier alpha value is -1.82. The molecule has 0 saturated heterocycles. The van der Waals surface area contributed by atoms with Crippen molar-refractivity contribution in [3.05, 3.63) is 40.4 Å². The highest BCUT2D eigenvalue weighted by Crippen LogP contribution is 2.30. The predicted octanol–water partition coefficient (Wildman–Crippen LogP) is 3.18. The molecule has 3 nitrogen and oxygen atoms in total. The molecule has 0 bridgehead atoms. The first kappa shape index (κ1) is 12.6. The van der Waals surface area contributed by atoms with Crippen LogP contribution in [0.15, 0.2) is 18.2 Å². The van der Waals surface area contributed by atoms with Crippen LogP contribution in [0, 0.1) is 18.6 Å². The number of ether oxygens (including phenoxy) is 1. The Bertz CT molecular complexity index is 610. The minimum Gasteiger partial charge on any atom is -0.465 e. The van der Waals surface area contributed by atoms with Gasteiger partial charge in [0.2, 0.25) is 0 Å². The third kappa shape index (κ3) is 2.24. The van der Waals surface area contributed by atoms with Crippen LogP contribution in [0.3, 0.4) is 0 Å². The molecule has 94 valence electrons. The summed E-state index contributed by atoms with van der Waals surface area (Å²) in [6.07, 6.45) is 0. The van der Waals surface area contributed by atoms with Gasteiger partial charge < -0.3 is 4.74 Å². The average Bonchev–Trinajstić information content (AvgIpc) is 2.73. The van der Waals surface area contributed by atoms with Gasteiger partial charge in [-0.3, -0.25) is 0 Å². The Balaban J connectivity index is 2.52. The molecule has 6 heteroatoms. The molecule has 0 aliphatic rings. The largest absolute Gasteiger partial charge is 0.465 e. The molecule has 2 rings (SSSR count). The first-order valence-corrected chi connectivity index (χ1v) is 5.85. The molecule has 0 N–H and O–H groups in total. The van der Waals surface area contributed by atoms with E-state index in [0.717, 1.165) is 29.5 Å². The van der Waals surface area contributed by atoms with Gasteiger partial charge in [0.05, 0.1) is 12.8 Å². The average molecular weight is 269 g/mol. The molecule has 0 saturated carbocycles. The molecule has 0 fully saturated rings. The minimum absolute atomic E-state index is 0.0400. The van der Waals surface area contributed by atoms with E-state index < -0.39 is 17.6 Å². The summed E-state index contributed by atoms with van der Waals surface area (Å²) in [5, 5.41) is 0.255. The zero-order valence-corrected chi connectivity index (χ0v) is 10.5. The molecule has 0 aliphatic carbocycles. The fourth-order valence-corrected chi connectivity index (χ4v) is 2.46. The first-order valence-electron chi connectivity index (χ1n) is 5.04. The maximum absolute atomic E-state index is 13.6. The Morgan fingerprint density at radius 2 is 2.11 bits per heavy atom. The Labute approximate surface area is 106 Å². The van der Waals surface area contributed by atoms with Gasteiger partial charge in [0.15, 0.2) is 0 Å². The van der Waals surface area contributed by atoms with Crippen LogP contribution in [0.25, 0.3) is 10.6 Å². The molecular formula is C12H9F2NO2S. The van der Waals surface area contributed by atoms with Gasteiger partial charge in [-0.2, -0.15) is 0 Å². The molecule has 0 aliphatic heterocycles. The number of hydrogen-bond acceptors (Lipinski definition) is 4. The molecule has 1 aromatic heterocycles. The SMILES string of the molecule is COC(=O)c1sc(-c2cc(F)ccc2F)nc1C. The number of thiazole rings is 1. The molecule has 0 radical (unpaired) electrons. The van der Waals surface area contributed by atoms with Crippen LogP contribution >= 0.6 is 11.3 Å². The number of hydrogen-bond donors (Lipinski definition) is 0. The maximum atomic E-state index is 13.6. The normalized spacial score (nSPS) is 10.4. The van der Waals surface area contributed by atoms with Crippen LogP contribution in [-0.4, -0.2) is 18.1 Å². The van der Waals surface area contributed by atoms with Crippen molar-refractivity contribution in [3.8, 4) is 10.6 Å². The van der Waals surface area contributed by atoms with Crippen molar-refractivity contribution < 1.29 is 18.3 Å². The molecular weight excluding hydrogens is 260 g/mol. The van der Waals surface area contributed by atoms with E-state index in [0.29, 0.717) is 5.69 Å². The lowest BCUT2D eigenvalue weighted by Gasteiger charge is -1.98. The van der Waals surface area contributed by atoms with Crippen molar-refractivity contribution in [1.29, 1.82) is 0 Å². The predicted molar refractivity (Wildman–Crippen MR) is 63.5 cm³/mol. The number of methoxy groups -OCH3 is 1. The maximum Gasteiger partial charge on any atom is 0.349 e. The fourth-order valence-electron chi connectivity index (χ4n) is 1.46. The number of halogens is 2. The molecule has 0 spiro atoms. The molecule has 1 heterocycles. The van der Waals surface area contributed by atoms with Gasteiger partial charge in [-0.25, -0.2) is 18.6 Å². The summed E-state index contributed by atoms with van der Waals surface area (Å²) in [7, 11) is 1.25. The molecule has 0 atom stereocenters. The van der Waals surface area contributed by atoms with E-state index in [2.05, 4.69) is 9.72 Å².